The van der Waals surface area contributed by atoms with Crippen molar-refractivity contribution in [3.8, 4) is 0 Å². The summed E-state index contributed by atoms with van der Waals surface area (Å²) < 4.78 is 71.9. The number of benzene rings is 5. The van der Waals surface area contributed by atoms with E-state index in [0.29, 0.717) is 12.8 Å². The lowest BCUT2D eigenvalue weighted by atomic mass is 9.90. The van der Waals surface area contributed by atoms with Crippen molar-refractivity contribution in [3.63, 3.8) is 0 Å². The van der Waals surface area contributed by atoms with Crippen molar-refractivity contribution >= 4 is 30.5 Å². The van der Waals surface area contributed by atoms with Crippen LogP contribution in [0.4, 0.5) is 4.39 Å². The van der Waals surface area contributed by atoms with Crippen molar-refractivity contribution in [2.45, 2.75) is 138 Å². The van der Waals surface area contributed by atoms with Crippen LogP contribution in [0.1, 0.15) is 84.7 Å². The molecule has 5 aromatic carbocycles. The molecule has 368 valence electrons. The summed E-state index contributed by atoms with van der Waals surface area (Å²) in [6.45, 7) is 6.57. The molecule has 2 amide bonds. The van der Waals surface area contributed by atoms with Gasteiger partial charge in [-0.05, 0) is 51.5 Å². The fourth-order valence-electron chi connectivity index (χ4n) is 11.1. The summed E-state index contributed by atoms with van der Waals surface area (Å²) in [7, 11) is -3.40. The van der Waals surface area contributed by atoms with Crippen molar-refractivity contribution in [3.05, 3.63) is 168 Å². The number of halogens is 1. The highest BCUT2D eigenvalue weighted by Crippen LogP contribution is 2.46. The van der Waals surface area contributed by atoms with E-state index in [9.17, 15) is 14.7 Å². The number of hydrogen-bond donors (Lipinski definition) is 1. The molecule has 0 aromatic heterocycles. The zero-order valence-corrected chi connectivity index (χ0v) is 40.8. The molecule has 1 aliphatic carbocycles. The molecule has 1 saturated carbocycles. The van der Waals surface area contributed by atoms with Gasteiger partial charge < -0.3 is 42.7 Å². The SMILES string of the molecule is CC(C)(C)[Si](O[C@@H]1[C@H](O)[C@H](O[C@H]2[C@H](OCc3ccccc3)[C@@H](N3C(=O)c4ccccc4C3=O)[C@H](F)O[C@@H]2COCc2ccccc2)O[C@@H]2COC3(CCCCC3)O[C@@H]12)(c1ccccc1)c1ccccc1. The van der Waals surface area contributed by atoms with Crippen LogP contribution in [0.15, 0.2) is 146 Å². The van der Waals surface area contributed by atoms with Crippen LogP contribution in [0.5, 0.6) is 0 Å². The Morgan fingerprint density at radius 3 is 1.81 bits per heavy atom. The number of amides is 2. The largest absolute Gasteiger partial charge is 0.399 e. The highest BCUT2D eigenvalue weighted by Gasteiger charge is 2.62. The molecule has 4 heterocycles. The standard InChI is InChI=1S/C56H62FNO11Si/c1-55(2,3)70(39-25-13-6-14-26-39,40-27-15-7-16-28-40)69-50-46(59)54(66-44-36-64-56(68-48(44)50)31-19-8-20-32-56)67-47-43(35-62-33-37-21-9-4-10-22-37)65-51(57)45(49(47)63-34-38-23-11-5-12-24-38)58-52(60)41-29-17-18-30-42(41)53(58)61/h4-7,9-18,21-30,43-51,54,59H,8,19-20,31-36H2,1-3H3/t43-,44-,45-,46+,47-,48-,49-,50-,51-,54+/m1/s1. The molecule has 5 aliphatic rings. The number of ether oxygens (including phenoxy) is 7. The first-order valence-corrected chi connectivity index (χ1v) is 26.5. The summed E-state index contributed by atoms with van der Waals surface area (Å²) in [5.41, 5.74) is 1.91. The number of carbonyl (C=O) groups excluding carboxylic acids is 2. The van der Waals surface area contributed by atoms with Gasteiger partial charge in [-0.3, -0.25) is 14.5 Å². The van der Waals surface area contributed by atoms with Gasteiger partial charge in [0.1, 0.15) is 48.8 Å². The van der Waals surface area contributed by atoms with E-state index in [-0.39, 0.29) is 37.6 Å². The second kappa shape index (κ2) is 20.6. The first kappa shape index (κ1) is 48.6. The van der Waals surface area contributed by atoms with E-state index in [1.807, 2.05) is 97.1 Å². The van der Waals surface area contributed by atoms with Gasteiger partial charge in [0.25, 0.3) is 20.1 Å². The monoisotopic (exact) mass is 971 g/mol. The van der Waals surface area contributed by atoms with E-state index in [1.54, 1.807) is 24.3 Å². The van der Waals surface area contributed by atoms with Crippen molar-refractivity contribution < 1.29 is 56.7 Å². The molecule has 10 atom stereocenters. The van der Waals surface area contributed by atoms with Gasteiger partial charge in [-0.15, -0.1) is 0 Å². The zero-order chi connectivity index (χ0) is 48.5. The zero-order valence-electron chi connectivity index (χ0n) is 39.8. The summed E-state index contributed by atoms with van der Waals surface area (Å²) in [6, 6.07) is 44.0. The number of alkyl halides is 1. The van der Waals surface area contributed by atoms with E-state index in [0.717, 1.165) is 45.7 Å². The van der Waals surface area contributed by atoms with Gasteiger partial charge in [0.05, 0.1) is 37.6 Å². The van der Waals surface area contributed by atoms with Gasteiger partial charge in [0.15, 0.2) is 12.1 Å². The Kier molecular flexibility index (Phi) is 14.3. The number of nitrogens with zero attached hydrogens (tertiary/aromatic N) is 1. The van der Waals surface area contributed by atoms with Crippen LogP contribution >= 0.6 is 0 Å². The number of aliphatic hydroxyl groups is 1. The number of hydrogen-bond acceptors (Lipinski definition) is 11. The molecule has 10 rings (SSSR count). The minimum atomic E-state index is -3.40. The van der Waals surface area contributed by atoms with Crippen LogP contribution in [0.25, 0.3) is 0 Å². The van der Waals surface area contributed by atoms with Crippen LogP contribution in [0, 0.1) is 0 Å². The highest BCUT2D eigenvalue weighted by atomic mass is 28.4. The Labute approximate surface area is 410 Å². The highest BCUT2D eigenvalue weighted by molar-refractivity contribution is 6.99. The minimum Gasteiger partial charge on any atom is -0.399 e. The van der Waals surface area contributed by atoms with E-state index >= 15 is 4.39 Å². The Balaban J connectivity index is 1.06. The van der Waals surface area contributed by atoms with Crippen LogP contribution in [-0.4, -0.2) is 111 Å². The summed E-state index contributed by atoms with van der Waals surface area (Å²) in [5, 5.41) is 14.7. The maximum atomic E-state index is 17.3. The Morgan fingerprint density at radius 2 is 1.24 bits per heavy atom. The molecule has 70 heavy (non-hydrogen) atoms. The van der Waals surface area contributed by atoms with E-state index in [4.69, 9.17) is 37.6 Å². The average Bonchev–Trinajstić information content (AvgIpc) is 3.63. The molecule has 4 aliphatic heterocycles. The third-order valence-electron chi connectivity index (χ3n) is 14.5. The number of rotatable bonds is 14. The predicted molar refractivity (Wildman–Crippen MR) is 260 cm³/mol. The predicted octanol–water partition coefficient (Wildman–Crippen LogP) is 7.64. The number of aliphatic hydroxyl groups excluding tert-OH is 1. The number of imide groups is 1. The molecule has 14 heteroatoms. The lowest BCUT2D eigenvalue weighted by Gasteiger charge is -2.56. The van der Waals surface area contributed by atoms with Gasteiger partial charge in [-0.25, -0.2) is 4.39 Å². The van der Waals surface area contributed by atoms with Crippen LogP contribution in [0.3, 0.4) is 0 Å². The van der Waals surface area contributed by atoms with Gasteiger partial charge in [0, 0.05) is 12.8 Å². The van der Waals surface area contributed by atoms with Crippen LogP contribution in [-0.2, 0) is 50.8 Å². The molecular formula is C56H62FNO11Si. The van der Waals surface area contributed by atoms with E-state index in [1.165, 1.54) is 0 Å². The molecule has 0 unspecified atom stereocenters. The van der Waals surface area contributed by atoms with E-state index < -0.39 is 92.4 Å². The fraction of sp³-hybridized carbons (Fsp3) is 0.429. The second-order valence-corrected chi connectivity index (χ2v) is 24.3. The summed E-state index contributed by atoms with van der Waals surface area (Å²) in [5.74, 6) is -2.26. The summed E-state index contributed by atoms with van der Waals surface area (Å²) in [4.78, 5) is 29.4. The van der Waals surface area contributed by atoms with Crippen molar-refractivity contribution in [2.24, 2.45) is 0 Å². The third-order valence-corrected chi connectivity index (χ3v) is 19.5. The average molecular weight is 972 g/mol. The Bertz CT molecular complexity index is 2470. The quantitative estimate of drug-likeness (QED) is 0.0871. The Morgan fingerprint density at radius 1 is 0.700 bits per heavy atom. The van der Waals surface area contributed by atoms with E-state index in [2.05, 4.69) is 45.0 Å². The number of fused-ring (bicyclic) bond motifs is 2. The maximum Gasteiger partial charge on any atom is 0.262 e. The molecule has 5 aromatic rings. The first-order valence-electron chi connectivity index (χ1n) is 24.6. The van der Waals surface area contributed by atoms with Gasteiger partial charge in [0.2, 0.25) is 6.36 Å². The molecule has 0 radical (unpaired) electrons. The molecule has 0 bridgehead atoms. The minimum absolute atomic E-state index is 0.0442. The van der Waals surface area contributed by atoms with Crippen LogP contribution in [0.2, 0.25) is 5.04 Å². The topological polar surface area (TPSA) is 131 Å². The van der Waals surface area contributed by atoms with Gasteiger partial charge >= 0.3 is 0 Å². The maximum absolute atomic E-state index is 17.3. The van der Waals surface area contributed by atoms with Gasteiger partial charge in [-0.1, -0.05) is 161 Å². The van der Waals surface area contributed by atoms with Crippen molar-refractivity contribution in [1.29, 1.82) is 0 Å². The fourth-order valence-corrected chi connectivity index (χ4v) is 15.8. The smallest absolute Gasteiger partial charge is 0.262 e. The van der Waals surface area contributed by atoms with Gasteiger partial charge in [-0.2, -0.15) is 0 Å². The second-order valence-electron chi connectivity index (χ2n) is 20.0. The molecule has 1 spiro atoms. The lowest BCUT2D eigenvalue weighted by Crippen LogP contribution is -2.74. The molecule has 4 fully saturated rings. The molecule has 3 saturated heterocycles. The van der Waals surface area contributed by atoms with Crippen molar-refractivity contribution in [1.82, 2.24) is 4.90 Å². The van der Waals surface area contributed by atoms with Crippen LogP contribution < -0.4 is 10.4 Å². The summed E-state index contributed by atoms with van der Waals surface area (Å²) >= 11 is 0. The third kappa shape index (κ3) is 9.47. The first-order chi connectivity index (χ1) is 34.0. The normalized spacial score (nSPS) is 28.9. The molecule has 1 N–H and O–H groups in total. The summed E-state index contributed by atoms with van der Waals surface area (Å²) in [6.07, 6.45) is -7.40. The number of carbonyl (C=O) groups is 2. The lowest BCUT2D eigenvalue weighted by molar-refractivity contribution is -0.404. The molecule has 12 nitrogen and oxygen atoms in total. The van der Waals surface area contributed by atoms with Crippen molar-refractivity contribution in [2.75, 3.05) is 13.2 Å². The molecular weight excluding hydrogens is 910 g/mol. The Hall–Kier alpha value is -4.97.